The van der Waals surface area contributed by atoms with E-state index in [1.165, 1.54) is 12.5 Å². The topological polar surface area (TPSA) is 135 Å². The summed E-state index contributed by atoms with van der Waals surface area (Å²) >= 11 is 0. The van der Waals surface area contributed by atoms with E-state index in [-0.39, 0.29) is 11.3 Å². The molecule has 10 nitrogen and oxygen atoms in total. The lowest BCUT2D eigenvalue weighted by molar-refractivity contribution is 0.466. The first-order valence-corrected chi connectivity index (χ1v) is 9.30. The highest BCUT2D eigenvalue weighted by molar-refractivity contribution is 5.94. The van der Waals surface area contributed by atoms with Crippen LogP contribution in [-0.4, -0.2) is 41.3 Å². The number of hydrogen-bond donors (Lipinski definition) is 2. The van der Waals surface area contributed by atoms with Gasteiger partial charge in [0.2, 0.25) is 0 Å². The molecule has 3 aromatic heterocycles. The van der Waals surface area contributed by atoms with Crippen molar-refractivity contribution in [1.82, 2.24) is 29.9 Å². The minimum absolute atomic E-state index is 0.00509. The van der Waals surface area contributed by atoms with E-state index < -0.39 is 5.63 Å². The highest BCUT2D eigenvalue weighted by atomic mass is 16.4. The van der Waals surface area contributed by atoms with E-state index in [1.807, 2.05) is 12.1 Å². The van der Waals surface area contributed by atoms with Crippen molar-refractivity contribution in [3.8, 4) is 17.1 Å². The summed E-state index contributed by atoms with van der Waals surface area (Å²) < 4.78 is 6.88. The van der Waals surface area contributed by atoms with E-state index in [0.717, 1.165) is 5.56 Å². The number of rotatable bonds is 5. The smallest absolute Gasteiger partial charge is 0.348 e. The summed E-state index contributed by atoms with van der Waals surface area (Å²) in [4.78, 5) is 24.8. The maximum absolute atomic E-state index is 12.2. The molecule has 0 aliphatic carbocycles. The Hall–Kier alpha value is -4.60. The number of para-hydroxylation sites is 1. The minimum atomic E-state index is -0.655. The average Bonchev–Trinajstić information content (AvgIpc) is 3.47. The third-order valence-corrected chi connectivity index (χ3v) is 4.60. The molecule has 10 heteroatoms. The van der Waals surface area contributed by atoms with Crippen molar-refractivity contribution in [3.05, 3.63) is 83.0 Å². The van der Waals surface area contributed by atoms with Gasteiger partial charge in [-0.2, -0.15) is 10.2 Å². The summed E-state index contributed by atoms with van der Waals surface area (Å²) in [6, 6.07) is 13.9. The number of H-pyrrole nitrogens is 1. The summed E-state index contributed by atoms with van der Waals surface area (Å²) in [6.07, 6.45) is 4.35. The van der Waals surface area contributed by atoms with Gasteiger partial charge in [-0.25, -0.2) is 19.4 Å². The second kappa shape index (κ2) is 7.67. The predicted octanol–water partition coefficient (Wildman–Crippen LogP) is 2.67. The average molecular weight is 413 g/mol. The second-order valence-corrected chi connectivity index (χ2v) is 6.65. The number of benzene rings is 2. The molecule has 0 atom stereocenters. The van der Waals surface area contributed by atoms with Gasteiger partial charge in [-0.05, 0) is 36.4 Å². The van der Waals surface area contributed by atoms with E-state index in [1.54, 1.807) is 47.4 Å². The van der Waals surface area contributed by atoms with Crippen LogP contribution in [0.4, 0.5) is 5.69 Å². The van der Waals surface area contributed by atoms with Gasteiger partial charge < -0.3 is 9.52 Å². The zero-order valence-electron chi connectivity index (χ0n) is 16.0. The molecule has 0 saturated heterocycles. The Bertz CT molecular complexity index is 1430. The Kier molecular flexibility index (Phi) is 4.56. The third-order valence-electron chi connectivity index (χ3n) is 4.60. The zero-order valence-corrected chi connectivity index (χ0v) is 16.0. The van der Waals surface area contributed by atoms with Gasteiger partial charge in [-0.15, -0.1) is 0 Å². The van der Waals surface area contributed by atoms with Crippen LogP contribution in [0, 0.1) is 0 Å². The molecular formula is C21H15N7O3. The first kappa shape index (κ1) is 18.4. The van der Waals surface area contributed by atoms with Gasteiger partial charge in [0.1, 0.15) is 41.9 Å². The Balaban J connectivity index is 1.36. The van der Waals surface area contributed by atoms with Crippen molar-refractivity contribution in [2.24, 2.45) is 4.99 Å². The third kappa shape index (κ3) is 3.69. The standard InChI is InChI=1S/C21H15N7O3/c29-19-15-3-1-2-4-17(15)31-21(30)16(19)9-23-14-7-5-13(6-8-14)20-25-18(26-27-20)10-28-12-22-11-24-28/h1-9,11-12,29H,10H2,(H,25,26,27). The van der Waals surface area contributed by atoms with Crippen LogP contribution >= 0.6 is 0 Å². The second-order valence-electron chi connectivity index (χ2n) is 6.65. The lowest BCUT2D eigenvalue weighted by Crippen LogP contribution is -2.06. The molecule has 0 aliphatic rings. The van der Waals surface area contributed by atoms with Crippen LogP contribution in [0.3, 0.4) is 0 Å². The molecule has 5 aromatic rings. The van der Waals surface area contributed by atoms with Crippen LogP contribution in [0.5, 0.6) is 5.75 Å². The summed E-state index contributed by atoms with van der Waals surface area (Å²) in [6.45, 7) is 0.438. The molecule has 2 N–H and O–H groups in total. The van der Waals surface area contributed by atoms with Crippen molar-refractivity contribution in [2.45, 2.75) is 6.54 Å². The molecule has 152 valence electrons. The molecular weight excluding hydrogens is 398 g/mol. The van der Waals surface area contributed by atoms with Crippen molar-refractivity contribution in [2.75, 3.05) is 0 Å². The summed E-state index contributed by atoms with van der Waals surface area (Å²) in [5.74, 6) is 1.03. The van der Waals surface area contributed by atoms with Crippen molar-refractivity contribution in [3.63, 3.8) is 0 Å². The normalized spacial score (nSPS) is 11.5. The number of hydrogen-bond acceptors (Lipinski definition) is 8. The number of aliphatic imine (C=N–C) groups is 1. The predicted molar refractivity (Wildman–Crippen MR) is 112 cm³/mol. The Morgan fingerprint density at radius 1 is 1.16 bits per heavy atom. The van der Waals surface area contributed by atoms with Crippen molar-refractivity contribution in [1.29, 1.82) is 0 Å². The van der Waals surface area contributed by atoms with Crippen molar-refractivity contribution >= 4 is 22.9 Å². The van der Waals surface area contributed by atoms with Gasteiger partial charge in [0.25, 0.3) is 0 Å². The molecule has 0 radical (unpaired) electrons. The van der Waals surface area contributed by atoms with Gasteiger partial charge in [-0.1, -0.05) is 12.1 Å². The summed E-state index contributed by atoms with van der Waals surface area (Å²) in [5, 5.41) is 22.0. The first-order valence-electron chi connectivity index (χ1n) is 9.30. The highest BCUT2D eigenvalue weighted by Gasteiger charge is 2.12. The minimum Gasteiger partial charge on any atom is -0.506 e. The summed E-state index contributed by atoms with van der Waals surface area (Å²) in [7, 11) is 0. The molecule has 0 unspecified atom stereocenters. The maximum atomic E-state index is 12.2. The molecule has 0 fully saturated rings. The molecule has 31 heavy (non-hydrogen) atoms. The lowest BCUT2D eigenvalue weighted by atomic mass is 10.1. The molecule has 3 heterocycles. The number of fused-ring (bicyclic) bond motifs is 1. The molecule has 0 bridgehead atoms. The fourth-order valence-electron chi connectivity index (χ4n) is 3.06. The molecule has 0 spiro atoms. The van der Waals surface area contributed by atoms with Gasteiger partial charge in [0, 0.05) is 11.8 Å². The first-order chi connectivity index (χ1) is 15.2. The van der Waals surface area contributed by atoms with Gasteiger partial charge in [-0.3, -0.25) is 10.1 Å². The molecule has 0 amide bonds. The van der Waals surface area contributed by atoms with Crippen molar-refractivity contribution < 1.29 is 9.52 Å². The number of aromatic hydroxyl groups is 1. The van der Waals surface area contributed by atoms with Gasteiger partial charge in [0.15, 0.2) is 5.82 Å². The zero-order chi connectivity index (χ0) is 21.2. The highest BCUT2D eigenvalue weighted by Crippen LogP contribution is 2.26. The molecule has 5 rings (SSSR count). The SMILES string of the molecule is O=c1oc2ccccc2c(O)c1C=Nc1ccc(-c2n[nH]c(Cn3cncn3)n2)cc1. The number of nitrogens with zero attached hydrogens (tertiary/aromatic N) is 6. The number of aromatic amines is 1. The molecule has 0 saturated carbocycles. The van der Waals surface area contributed by atoms with Crippen LogP contribution in [0.25, 0.3) is 22.4 Å². The van der Waals surface area contributed by atoms with Crippen LogP contribution in [-0.2, 0) is 6.54 Å². The van der Waals surface area contributed by atoms with Crippen LogP contribution < -0.4 is 5.63 Å². The quantitative estimate of drug-likeness (QED) is 0.334. The van der Waals surface area contributed by atoms with E-state index in [4.69, 9.17) is 4.42 Å². The number of nitrogens with one attached hydrogen (secondary N) is 1. The Morgan fingerprint density at radius 2 is 2.00 bits per heavy atom. The van der Waals surface area contributed by atoms with Gasteiger partial charge >= 0.3 is 5.63 Å². The molecule has 2 aromatic carbocycles. The Morgan fingerprint density at radius 3 is 2.81 bits per heavy atom. The maximum Gasteiger partial charge on any atom is 0.348 e. The lowest BCUT2D eigenvalue weighted by Gasteiger charge is -2.02. The van der Waals surface area contributed by atoms with Gasteiger partial charge in [0.05, 0.1) is 11.1 Å². The van der Waals surface area contributed by atoms with E-state index in [9.17, 15) is 9.90 Å². The monoisotopic (exact) mass is 413 g/mol. The number of aromatic nitrogens is 6. The van der Waals surface area contributed by atoms with Crippen LogP contribution in [0.15, 0.2) is 75.4 Å². The van der Waals surface area contributed by atoms with E-state index in [2.05, 4.69) is 30.3 Å². The van der Waals surface area contributed by atoms with Crippen LogP contribution in [0.2, 0.25) is 0 Å². The van der Waals surface area contributed by atoms with E-state index >= 15 is 0 Å². The summed E-state index contributed by atoms with van der Waals surface area (Å²) in [5.41, 5.74) is 1.05. The fourth-order valence-corrected chi connectivity index (χ4v) is 3.06. The van der Waals surface area contributed by atoms with E-state index in [0.29, 0.717) is 34.9 Å². The molecule has 0 aliphatic heterocycles. The Labute approximate surface area is 174 Å². The largest absolute Gasteiger partial charge is 0.506 e. The van der Waals surface area contributed by atoms with Crippen LogP contribution in [0.1, 0.15) is 11.4 Å². The fraction of sp³-hybridized carbons (Fsp3) is 0.0476.